The van der Waals surface area contributed by atoms with Gasteiger partial charge in [0.1, 0.15) is 5.76 Å². The van der Waals surface area contributed by atoms with Crippen molar-refractivity contribution < 1.29 is 14.0 Å². The third-order valence-electron chi connectivity index (χ3n) is 3.90. The molecule has 0 spiro atoms. The molecule has 3 amide bonds. The van der Waals surface area contributed by atoms with Crippen LogP contribution in [-0.4, -0.2) is 33.8 Å². The lowest BCUT2D eigenvalue weighted by molar-refractivity contribution is -0.119. The summed E-state index contributed by atoms with van der Waals surface area (Å²) in [5.41, 5.74) is 1.94. The molecule has 0 aliphatic heterocycles. The molecular weight excluding hydrogens is 364 g/mol. The molecule has 3 rings (SSSR count). The summed E-state index contributed by atoms with van der Waals surface area (Å²) in [5, 5.41) is 4.83. The number of imide groups is 1. The number of hydrogen-bond acceptors (Lipinski definition) is 5. The number of carbonyl (C=O) groups is 2. The average molecular weight is 384 g/mol. The van der Waals surface area contributed by atoms with E-state index in [1.165, 1.54) is 18.8 Å². The first kappa shape index (κ1) is 18.8. The van der Waals surface area contributed by atoms with Crippen LogP contribution >= 0.6 is 11.8 Å². The second-order valence-electron chi connectivity index (χ2n) is 5.79. The molecule has 0 aliphatic rings. The summed E-state index contributed by atoms with van der Waals surface area (Å²) in [6, 6.07) is 13.1. The van der Waals surface area contributed by atoms with Crippen LogP contribution in [-0.2, 0) is 11.3 Å². The topological polar surface area (TPSA) is 89.2 Å². The number of rotatable bonds is 6. The Morgan fingerprint density at radius 3 is 2.67 bits per heavy atom. The number of imidazole rings is 1. The zero-order valence-corrected chi connectivity index (χ0v) is 15.8. The number of thioether (sulfide) groups is 1. The highest BCUT2D eigenvalue weighted by Crippen LogP contribution is 2.29. The second-order valence-corrected chi connectivity index (χ2v) is 7.09. The van der Waals surface area contributed by atoms with Crippen molar-refractivity contribution in [1.82, 2.24) is 20.2 Å². The minimum absolute atomic E-state index is 0.381. The molecule has 0 fully saturated rings. The van der Waals surface area contributed by atoms with Gasteiger partial charge >= 0.3 is 6.03 Å². The highest BCUT2D eigenvalue weighted by molar-refractivity contribution is 8.00. The molecule has 8 heteroatoms. The number of urea groups is 1. The maximum atomic E-state index is 12.2. The van der Waals surface area contributed by atoms with E-state index in [0.717, 1.165) is 17.0 Å². The van der Waals surface area contributed by atoms with Crippen LogP contribution in [0.15, 0.2) is 64.5 Å². The molecule has 0 saturated carbocycles. The van der Waals surface area contributed by atoms with Gasteiger partial charge in [-0.1, -0.05) is 42.1 Å². The average Bonchev–Trinajstić information content (AvgIpc) is 3.33. The summed E-state index contributed by atoms with van der Waals surface area (Å²) in [4.78, 5) is 28.0. The zero-order valence-electron chi connectivity index (χ0n) is 15.0. The third kappa shape index (κ3) is 4.59. The standard InChI is InChI=1S/C19H20N4O3S/c1-13(17(24)22-18(25)20-2)27-19-21-11-16(14-7-4-3-5-8-14)23(19)12-15-9-6-10-26-15/h3-11,13H,12H2,1-2H3,(H2,20,22,24,25). The molecule has 2 aromatic heterocycles. The van der Waals surface area contributed by atoms with Crippen molar-refractivity contribution in [2.45, 2.75) is 23.9 Å². The van der Waals surface area contributed by atoms with Crippen LogP contribution in [0.4, 0.5) is 4.79 Å². The van der Waals surface area contributed by atoms with Crippen LogP contribution in [0.2, 0.25) is 0 Å². The molecule has 1 atom stereocenters. The highest BCUT2D eigenvalue weighted by Gasteiger charge is 2.21. The van der Waals surface area contributed by atoms with E-state index in [1.54, 1.807) is 19.4 Å². The number of carbonyl (C=O) groups excluding carboxylic acids is 2. The molecule has 3 aromatic rings. The van der Waals surface area contributed by atoms with E-state index in [1.807, 2.05) is 47.0 Å². The number of benzene rings is 1. The van der Waals surface area contributed by atoms with Crippen LogP contribution in [0.5, 0.6) is 0 Å². The fraction of sp³-hybridized carbons (Fsp3) is 0.211. The lowest BCUT2D eigenvalue weighted by Crippen LogP contribution is -2.41. The fourth-order valence-electron chi connectivity index (χ4n) is 2.49. The zero-order chi connectivity index (χ0) is 19.2. The highest BCUT2D eigenvalue weighted by atomic mass is 32.2. The quantitative estimate of drug-likeness (QED) is 0.638. The number of aromatic nitrogens is 2. The van der Waals surface area contributed by atoms with Gasteiger partial charge in [0, 0.05) is 7.05 Å². The molecule has 2 N–H and O–H groups in total. The van der Waals surface area contributed by atoms with Crippen LogP contribution < -0.4 is 10.6 Å². The molecule has 1 unspecified atom stereocenters. The van der Waals surface area contributed by atoms with E-state index in [-0.39, 0.29) is 5.91 Å². The number of furan rings is 1. The number of nitrogens with zero attached hydrogens (tertiary/aromatic N) is 2. The molecule has 0 saturated heterocycles. The summed E-state index contributed by atoms with van der Waals surface area (Å²) in [5.74, 6) is 0.405. The minimum Gasteiger partial charge on any atom is -0.467 e. The van der Waals surface area contributed by atoms with E-state index < -0.39 is 11.3 Å². The van der Waals surface area contributed by atoms with Gasteiger partial charge in [0.2, 0.25) is 5.91 Å². The first-order valence-electron chi connectivity index (χ1n) is 8.41. The largest absolute Gasteiger partial charge is 0.467 e. The van der Waals surface area contributed by atoms with Gasteiger partial charge in [0.15, 0.2) is 5.16 Å². The van der Waals surface area contributed by atoms with Crippen LogP contribution in [0, 0.1) is 0 Å². The van der Waals surface area contributed by atoms with E-state index >= 15 is 0 Å². The summed E-state index contributed by atoms with van der Waals surface area (Å²) in [7, 11) is 1.46. The number of hydrogen-bond donors (Lipinski definition) is 2. The normalized spacial score (nSPS) is 11.8. The Bertz CT molecular complexity index is 906. The maximum absolute atomic E-state index is 12.2. The first-order chi connectivity index (χ1) is 13.1. The third-order valence-corrected chi connectivity index (χ3v) is 5.00. The molecular formula is C19H20N4O3S. The molecule has 0 aliphatic carbocycles. The molecule has 27 heavy (non-hydrogen) atoms. The minimum atomic E-state index is -0.531. The summed E-state index contributed by atoms with van der Waals surface area (Å²) in [6.07, 6.45) is 3.41. The molecule has 7 nitrogen and oxygen atoms in total. The van der Waals surface area contributed by atoms with Crippen molar-refractivity contribution in [2.75, 3.05) is 7.05 Å². The van der Waals surface area contributed by atoms with Crippen LogP contribution in [0.1, 0.15) is 12.7 Å². The number of amides is 3. The SMILES string of the molecule is CNC(=O)NC(=O)C(C)Sc1ncc(-c2ccccc2)n1Cc1ccco1. The summed E-state index contributed by atoms with van der Waals surface area (Å²) >= 11 is 1.29. The predicted octanol–water partition coefficient (Wildman–Crippen LogP) is 3.13. The van der Waals surface area contributed by atoms with Gasteiger partial charge in [-0.15, -0.1) is 0 Å². The Hall–Kier alpha value is -3.00. The molecule has 140 valence electrons. The monoisotopic (exact) mass is 384 g/mol. The lowest BCUT2D eigenvalue weighted by Gasteiger charge is -2.14. The molecule has 0 radical (unpaired) electrons. The van der Waals surface area contributed by atoms with Gasteiger partial charge in [0.05, 0.1) is 29.9 Å². The van der Waals surface area contributed by atoms with Crippen LogP contribution in [0.25, 0.3) is 11.3 Å². The van der Waals surface area contributed by atoms with Gasteiger partial charge in [-0.2, -0.15) is 0 Å². The Morgan fingerprint density at radius 2 is 2.00 bits per heavy atom. The smallest absolute Gasteiger partial charge is 0.321 e. The van der Waals surface area contributed by atoms with E-state index in [2.05, 4.69) is 15.6 Å². The summed E-state index contributed by atoms with van der Waals surface area (Å²) in [6.45, 7) is 2.22. The Labute approximate surface area is 161 Å². The Morgan fingerprint density at radius 1 is 1.22 bits per heavy atom. The van der Waals surface area contributed by atoms with Crippen molar-refractivity contribution in [1.29, 1.82) is 0 Å². The van der Waals surface area contributed by atoms with E-state index in [4.69, 9.17) is 4.42 Å². The Kier molecular flexibility index (Phi) is 5.97. The van der Waals surface area contributed by atoms with E-state index in [9.17, 15) is 9.59 Å². The van der Waals surface area contributed by atoms with Crippen molar-refractivity contribution >= 4 is 23.7 Å². The molecule has 0 bridgehead atoms. The maximum Gasteiger partial charge on any atom is 0.321 e. The molecule has 2 heterocycles. The summed E-state index contributed by atoms with van der Waals surface area (Å²) < 4.78 is 7.48. The van der Waals surface area contributed by atoms with Gasteiger partial charge < -0.3 is 14.3 Å². The van der Waals surface area contributed by atoms with Gasteiger partial charge in [-0.25, -0.2) is 9.78 Å². The Balaban J connectivity index is 1.87. The molecule has 1 aromatic carbocycles. The van der Waals surface area contributed by atoms with Crippen molar-refractivity contribution in [3.05, 3.63) is 60.7 Å². The van der Waals surface area contributed by atoms with Crippen LogP contribution in [0.3, 0.4) is 0 Å². The van der Waals surface area contributed by atoms with Crippen molar-refractivity contribution in [2.24, 2.45) is 0 Å². The van der Waals surface area contributed by atoms with E-state index in [0.29, 0.717) is 11.7 Å². The second kappa shape index (κ2) is 8.59. The van der Waals surface area contributed by atoms with Crippen molar-refractivity contribution in [3.63, 3.8) is 0 Å². The predicted molar refractivity (Wildman–Crippen MR) is 103 cm³/mol. The van der Waals surface area contributed by atoms with Gasteiger partial charge in [0.25, 0.3) is 0 Å². The van der Waals surface area contributed by atoms with Gasteiger partial charge in [-0.3, -0.25) is 10.1 Å². The van der Waals surface area contributed by atoms with Crippen molar-refractivity contribution in [3.8, 4) is 11.3 Å². The lowest BCUT2D eigenvalue weighted by atomic mass is 10.2. The number of nitrogens with one attached hydrogen (secondary N) is 2. The first-order valence-corrected chi connectivity index (χ1v) is 9.29. The van der Waals surface area contributed by atoms with Gasteiger partial charge in [-0.05, 0) is 24.6 Å². The fourth-order valence-corrected chi connectivity index (χ4v) is 3.38.